The van der Waals surface area contributed by atoms with Crippen LogP contribution in [-0.4, -0.2) is 31.8 Å². The van der Waals surface area contributed by atoms with Gasteiger partial charge in [0.25, 0.3) is 0 Å². The summed E-state index contributed by atoms with van der Waals surface area (Å²) in [6.45, 7) is 3.22. The maximum atomic E-state index is 13.0. The lowest BCUT2D eigenvalue weighted by Gasteiger charge is -2.24. The maximum Gasteiger partial charge on any atom is 0.355 e. The van der Waals surface area contributed by atoms with Crippen molar-refractivity contribution in [1.29, 1.82) is 0 Å². The van der Waals surface area contributed by atoms with Crippen molar-refractivity contribution >= 4 is 18.0 Å². The lowest BCUT2D eigenvalue weighted by atomic mass is 10.1. The number of carbonyl (C=O) groups excluding carboxylic acids is 2. The summed E-state index contributed by atoms with van der Waals surface area (Å²) in [5.41, 5.74) is 1.57. The van der Waals surface area contributed by atoms with E-state index in [0.29, 0.717) is 40.1 Å². The van der Waals surface area contributed by atoms with Gasteiger partial charge in [0.05, 0.1) is 14.2 Å². The highest BCUT2D eigenvalue weighted by Gasteiger charge is 2.33. The lowest BCUT2D eigenvalue weighted by Crippen LogP contribution is -2.41. The average Bonchev–Trinajstić information content (AvgIpc) is 3.09. The SMILES string of the molecule is COc1ccc(OC(C)(C)C(=O)Oc2ccc(C=CC(=O)Oc3ccc(Oc4ccc(-c5ccccc5)cc4)cc3)cc2OC)cc1. The molecule has 0 unspecified atom stereocenters. The summed E-state index contributed by atoms with van der Waals surface area (Å²) < 4.78 is 33.4. The van der Waals surface area contributed by atoms with Crippen molar-refractivity contribution in [2.45, 2.75) is 19.4 Å². The molecule has 0 heterocycles. The van der Waals surface area contributed by atoms with E-state index in [1.54, 1.807) is 93.8 Å². The summed E-state index contributed by atoms with van der Waals surface area (Å²) in [6, 6.07) is 36.5. The zero-order valence-corrected chi connectivity index (χ0v) is 26.5. The van der Waals surface area contributed by atoms with Crippen molar-refractivity contribution < 1.29 is 38.0 Å². The first-order valence-electron chi connectivity index (χ1n) is 14.8. The summed E-state index contributed by atoms with van der Waals surface area (Å²) in [5, 5.41) is 0. The molecule has 8 nitrogen and oxygen atoms in total. The Balaban J connectivity index is 1.14. The topological polar surface area (TPSA) is 89.5 Å². The van der Waals surface area contributed by atoms with Gasteiger partial charge in [0.15, 0.2) is 11.5 Å². The van der Waals surface area contributed by atoms with E-state index < -0.39 is 17.5 Å². The van der Waals surface area contributed by atoms with Gasteiger partial charge in [-0.1, -0.05) is 48.5 Å². The van der Waals surface area contributed by atoms with Crippen LogP contribution >= 0.6 is 0 Å². The Kier molecular flexibility index (Phi) is 10.2. The minimum Gasteiger partial charge on any atom is -0.497 e. The number of carbonyl (C=O) groups is 2. The molecule has 0 atom stereocenters. The molecule has 0 saturated carbocycles. The number of hydrogen-bond donors (Lipinski definition) is 0. The van der Waals surface area contributed by atoms with Crippen LogP contribution in [0.1, 0.15) is 19.4 Å². The molecule has 0 saturated heterocycles. The summed E-state index contributed by atoms with van der Waals surface area (Å²) in [7, 11) is 3.03. The fraction of sp³-hybridized carbons (Fsp3) is 0.128. The zero-order chi connectivity index (χ0) is 33.2. The fourth-order valence-electron chi connectivity index (χ4n) is 4.45. The highest BCUT2D eigenvalue weighted by molar-refractivity contribution is 5.89. The highest BCUT2D eigenvalue weighted by atomic mass is 16.6. The third-order valence-corrected chi connectivity index (χ3v) is 6.97. The standard InChI is InChI=1S/C39H34O8/c1-39(2,47-34-22-16-30(42-3)17-23-34)38(41)46-35-24-10-27(26-36(35)43-4)11-25-37(40)45-33-20-18-32(19-21-33)44-31-14-12-29(13-15-31)28-8-6-5-7-9-28/h5-26H,1-4H3. The molecule has 0 aliphatic rings. The number of hydrogen-bond acceptors (Lipinski definition) is 8. The smallest absolute Gasteiger partial charge is 0.355 e. The van der Waals surface area contributed by atoms with Gasteiger partial charge in [0.1, 0.15) is 28.7 Å². The summed E-state index contributed by atoms with van der Waals surface area (Å²) in [4.78, 5) is 25.5. The fourth-order valence-corrected chi connectivity index (χ4v) is 4.45. The first-order chi connectivity index (χ1) is 22.7. The van der Waals surface area contributed by atoms with Crippen molar-refractivity contribution in [3.8, 4) is 51.4 Å². The van der Waals surface area contributed by atoms with Crippen LogP contribution in [0.2, 0.25) is 0 Å². The van der Waals surface area contributed by atoms with Gasteiger partial charge in [-0.25, -0.2) is 9.59 Å². The Morgan fingerprint density at radius 2 is 1.15 bits per heavy atom. The minimum atomic E-state index is -1.29. The molecule has 0 spiro atoms. The van der Waals surface area contributed by atoms with Crippen LogP contribution in [0, 0.1) is 0 Å². The first-order valence-corrected chi connectivity index (χ1v) is 14.8. The van der Waals surface area contributed by atoms with Crippen molar-refractivity contribution in [1.82, 2.24) is 0 Å². The molecule has 0 N–H and O–H groups in total. The normalized spacial score (nSPS) is 11.1. The first kappa shape index (κ1) is 32.4. The second kappa shape index (κ2) is 14.8. The Bertz CT molecular complexity index is 1830. The molecule has 0 aliphatic heterocycles. The molecule has 5 aromatic rings. The Labute approximate surface area is 273 Å². The van der Waals surface area contributed by atoms with Crippen LogP contribution in [0.3, 0.4) is 0 Å². The molecule has 5 rings (SSSR count). The van der Waals surface area contributed by atoms with Gasteiger partial charge < -0.3 is 28.4 Å². The molecule has 8 heteroatoms. The van der Waals surface area contributed by atoms with Gasteiger partial charge in [-0.3, -0.25) is 0 Å². The average molecular weight is 631 g/mol. The molecule has 0 fully saturated rings. The van der Waals surface area contributed by atoms with Gasteiger partial charge in [0, 0.05) is 6.08 Å². The van der Waals surface area contributed by atoms with Crippen molar-refractivity contribution in [2.75, 3.05) is 14.2 Å². The van der Waals surface area contributed by atoms with Crippen LogP contribution in [0.25, 0.3) is 17.2 Å². The van der Waals surface area contributed by atoms with Gasteiger partial charge in [-0.15, -0.1) is 0 Å². The largest absolute Gasteiger partial charge is 0.497 e. The van der Waals surface area contributed by atoms with E-state index in [1.165, 1.54) is 13.2 Å². The highest BCUT2D eigenvalue weighted by Crippen LogP contribution is 2.31. The summed E-state index contributed by atoms with van der Waals surface area (Å²) in [5.74, 6) is 2.16. The molecule has 0 bridgehead atoms. The van der Waals surface area contributed by atoms with Crippen LogP contribution in [0.5, 0.6) is 40.2 Å². The van der Waals surface area contributed by atoms with Crippen LogP contribution in [0.4, 0.5) is 0 Å². The van der Waals surface area contributed by atoms with Crippen molar-refractivity contribution in [3.63, 3.8) is 0 Å². The van der Waals surface area contributed by atoms with Crippen LogP contribution in [-0.2, 0) is 9.59 Å². The van der Waals surface area contributed by atoms with Gasteiger partial charge in [-0.2, -0.15) is 0 Å². The molecular formula is C39H34O8. The minimum absolute atomic E-state index is 0.207. The van der Waals surface area contributed by atoms with E-state index in [9.17, 15) is 9.59 Å². The number of esters is 2. The number of rotatable bonds is 12. The molecule has 0 aliphatic carbocycles. The number of methoxy groups -OCH3 is 2. The number of benzene rings is 5. The molecule has 47 heavy (non-hydrogen) atoms. The Morgan fingerprint density at radius 1 is 0.574 bits per heavy atom. The van der Waals surface area contributed by atoms with E-state index in [4.69, 9.17) is 28.4 Å². The molecule has 0 aromatic heterocycles. The van der Waals surface area contributed by atoms with E-state index in [-0.39, 0.29) is 5.75 Å². The Hall–Kier alpha value is -6.02. The molecule has 5 aromatic carbocycles. The van der Waals surface area contributed by atoms with Crippen LogP contribution < -0.4 is 28.4 Å². The van der Waals surface area contributed by atoms with E-state index in [2.05, 4.69) is 12.1 Å². The van der Waals surface area contributed by atoms with E-state index >= 15 is 0 Å². The van der Waals surface area contributed by atoms with Crippen molar-refractivity contribution in [2.24, 2.45) is 0 Å². The second-order valence-corrected chi connectivity index (χ2v) is 10.8. The monoisotopic (exact) mass is 630 g/mol. The van der Waals surface area contributed by atoms with E-state index in [0.717, 1.165) is 11.1 Å². The predicted molar refractivity (Wildman–Crippen MR) is 179 cm³/mol. The quantitative estimate of drug-likeness (QED) is 0.0770. The maximum absolute atomic E-state index is 13.0. The third kappa shape index (κ3) is 8.79. The predicted octanol–water partition coefficient (Wildman–Crippen LogP) is 8.54. The number of ether oxygens (including phenoxy) is 6. The second-order valence-electron chi connectivity index (χ2n) is 10.8. The Morgan fingerprint density at radius 3 is 1.79 bits per heavy atom. The summed E-state index contributed by atoms with van der Waals surface area (Å²) in [6.07, 6.45) is 2.87. The molecular weight excluding hydrogens is 596 g/mol. The third-order valence-electron chi connectivity index (χ3n) is 6.97. The van der Waals surface area contributed by atoms with Gasteiger partial charge in [0.2, 0.25) is 5.60 Å². The summed E-state index contributed by atoms with van der Waals surface area (Å²) >= 11 is 0. The lowest BCUT2D eigenvalue weighted by molar-refractivity contribution is -0.149. The van der Waals surface area contributed by atoms with E-state index in [1.807, 2.05) is 42.5 Å². The molecule has 238 valence electrons. The molecule has 0 amide bonds. The van der Waals surface area contributed by atoms with Crippen LogP contribution in [0.15, 0.2) is 127 Å². The van der Waals surface area contributed by atoms with Crippen molar-refractivity contribution in [3.05, 3.63) is 133 Å². The molecule has 0 radical (unpaired) electrons. The zero-order valence-electron chi connectivity index (χ0n) is 26.5. The van der Waals surface area contributed by atoms with Gasteiger partial charge in [-0.05, 0) is 109 Å². The van der Waals surface area contributed by atoms with Gasteiger partial charge >= 0.3 is 11.9 Å².